The number of hydrogen-bond donors (Lipinski definition) is 0. The Labute approximate surface area is 153 Å². The van der Waals surface area contributed by atoms with Crippen LogP contribution < -0.4 is 4.90 Å². The first-order chi connectivity index (χ1) is 12.9. The van der Waals surface area contributed by atoms with Crippen LogP contribution in [-0.2, 0) is 6.18 Å². The van der Waals surface area contributed by atoms with Gasteiger partial charge < -0.3 is 4.90 Å². The number of fused-ring (bicyclic) bond motifs is 1. The molecule has 1 aromatic carbocycles. The van der Waals surface area contributed by atoms with Gasteiger partial charge in [-0.2, -0.15) is 18.3 Å². The molecule has 0 saturated carbocycles. The molecule has 2 aromatic heterocycles. The Morgan fingerprint density at radius 1 is 1.07 bits per heavy atom. The highest BCUT2D eigenvalue weighted by Gasteiger charge is 2.35. The number of hydrogen-bond acceptors (Lipinski definition) is 3. The van der Waals surface area contributed by atoms with Crippen LogP contribution in [0.3, 0.4) is 0 Å². The van der Waals surface area contributed by atoms with E-state index in [1.165, 1.54) is 17.0 Å². The third kappa shape index (κ3) is 2.97. The van der Waals surface area contributed by atoms with Crippen molar-refractivity contribution in [3.63, 3.8) is 0 Å². The summed E-state index contributed by atoms with van der Waals surface area (Å²) in [4.78, 5) is 18.6. The summed E-state index contributed by atoms with van der Waals surface area (Å²) < 4.78 is 40.1. The highest BCUT2D eigenvalue weighted by molar-refractivity contribution is 6.09. The number of amides is 1. The molecule has 1 amide bonds. The molecule has 0 N–H and O–H groups in total. The number of carbonyl (C=O) groups excluding carboxylic acids is 1. The second-order valence-corrected chi connectivity index (χ2v) is 6.40. The van der Waals surface area contributed by atoms with Crippen LogP contribution in [-0.4, -0.2) is 27.2 Å². The molecule has 3 aromatic rings. The van der Waals surface area contributed by atoms with Gasteiger partial charge in [-0.3, -0.25) is 14.5 Å². The molecule has 8 heteroatoms. The van der Waals surface area contributed by atoms with Crippen molar-refractivity contribution >= 4 is 11.6 Å². The van der Waals surface area contributed by atoms with Gasteiger partial charge in [0.05, 0.1) is 17.8 Å². The molecular formula is C19H15F3N4O. The van der Waals surface area contributed by atoms with E-state index in [0.717, 1.165) is 17.7 Å². The molecule has 27 heavy (non-hydrogen) atoms. The summed E-state index contributed by atoms with van der Waals surface area (Å²) in [6.45, 7) is 2.24. The van der Waals surface area contributed by atoms with Crippen molar-refractivity contribution in [3.8, 4) is 11.1 Å². The van der Waals surface area contributed by atoms with Gasteiger partial charge >= 0.3 is 6.18 Å². The average Bonchev–Trinajstić information content (AvgIpc) is 3.11. The highest BCUT2D eigenvalue weighted by Crippen LogP contribution is 2.34. The van der Waals surface area contributed by atoms with E-state index in [4.69, 9.17) is 0 Å². The molecule has 0 radical (unpaired) electrons. The normalized spacial score (nSPS) is 17.1. The van der Waals surface area contributed by atoms with Gasteiger partial charge in [0.2, 0.25) is 0 Å². The zero-order valence-electron chi connectivity index (χ0n) is 14.3. The van der Waals surface area contributed by atoms with Crippen LogP contribution in [0.4, 0.5) is 18.9 Å². The molecule has 0 unspecified atom stereocenters. The summed E-state index contributed by atoms with van der Waals surface area (Å²) in [5, 5.41) is 4.34. The van der Waals surface area contributed by atoms with Crippen LogP contribution in [0, 0.1) is 0 Å². The SMILES string of the molecule is C[C@H]1CN(c2ccc(C(F)(F)F)cc2)C(=O)c2c(-c3ccncc3)cnn21. The fourth-order valence-electron chi connectivity index (χ4n) is 3.26. The number of halogens is 3. The summed E-state index contributed by atoms with van der Waals surface area (Å²) in [5.74, 6) is -0.294. The maximum atomic E-state index is 13.1. The van der Waals surface area contributed by atoms with Gasteiger partial charge in [-0.05, 0) is 48.9 Å². The van der Waals surface area contributed by atoms with Crippen molar-refractivity contribution in [3.05, 3.63) is 66.2 Å². The summed E-state index contributed by atoms with van der Waals surface area (Å²) in [7, 11) is 0. The molecule has 1 aliphatic rings. The van der Waals surface area contributed by atoms with Crippen LogP contribution in [0.2, 0.25) is 0 Å². The van der Waals surface area contributed by atoms with E-state index in [2.05, 4.69) is 10.1 Å². The average molecular weight is 372 g/mol. The minimum Gasteiger partial charge on any atom is -0.305 e. The van der Waals surface area contributed by atoms with E-state index in [9.17, 15) is 18.0 Å². The van der Waals surface area contributed by atoms with Crippen LogP contribution in [0.5, 0.6) is 0 Å². The van der Waals surface area contributed by atoms with Crippen molar-refractivity contribution < 1.29 is 18.0 Å². The fraction of sp³-hybridized carbons (Fsp3) is 0.211. The lowest BCUT2D eigenvalue weighted by Crippen LogP contribution is -2.42. The largest absolute Gasteiger partial charge is 0.416 e. The molecule has 1 atom stereocenters. The maximum absolute atomic E-state index is 13.1. The van der Waals surface area contributed by atoms with Crippen LogP contribution >= 0.6 is 0 Å². The topological polar surface area (TPSA) is 51.0 Å². The van der Waals surface area contributed by atoms with Gasteiger partial charge in [-0.25, -0.2) is 0 Å². The third-order valence-electron chi connectivity index (χ3n) is 4.61. The number of alkyl halides is 3. The van der Waals surface area contributed by atoms with Crippen molar-refractivity contribution in [2.45, 2.75) is 19.1 Å². The Morgan fingerprint density at radius 2 is 1.74 bits per heavy atom. The van der Waals surface area contributed by atoms with Gasteiger partial charge in [0.15, 0.2) is 0 Å². The zero-order chi connectivity index (χ0) is 19.2. The van der Waals surface area contributed by atoms with Crippen molar-refractivity contribution in [1.29, 1.82) is 0 Å². The van der Waals surface area contributed by atoms with Crippen molar-refractivity contribution in [2.24, 2.45) is 0 Å². The molecule has 5 nitrogen and oxygen atoms in total. The molecule has 0 fully saturated rings. The molecule has 4 rings (SSSR count). The lowest BCUT2D eigenvalue weighted by Gasteiger charge is -2.32. The summed E-state index contributed by atoms with van der Waals surface area (Å²) >= 11 is 0. The van der Waals surface area contributed by atoms with Crippen LogP contribution in [0.1, 0.15) is 29.0 Å². The highest BCUT2D eigenvalue weighted by atomic mass is 19.4. The van der Waals surface area contributed by atoms with Crippen molar-refractivity contribution in [1.82, 2.24) is 14.8 Å². The van der Waals surface area contributed by atoms with Crippen molar-refractivity contribution in [2.75, 3.05) is 11.4 Å². The number of aromatic nitrogens is 3. The first kappa shape index (κ1) is 17.3. The Morgan fingerprint density at radius 3 is 2.37 bits per heavy atom. The van der Waals surface area contributed by atoms with E-state index in [-0.39, 0.29) is 11.9 Å². The monoisotopic (exact) mass is 372 g/mol. The summed E-state index contributed by atoms with van der Waals surface area (Å²) in [5.41, 5.74) is 1.58. The predicted molar refractivity (Wildman–Crippen MR) is 93.3 cm³/mol. The molecule has 0 spiro atoms. The number of carbonyl (C=O) groups is 1. The number of benzene rings is 1. The van der Waals surface area contributed by atoms with E-state index in [1.807, 2.05) is 6.92 Å². The first-order valence-corrected chi connectivity index (χ1v) is 8.33. The standard InChI is InChI=1S/C19H15F3N4O/c1-12-11-25(15-4-2-14(3-5-15)19(20,21)22)18(27)17-16(10-24-26(12)17)13-6-8-23-9-7-13/h2-10,12H,11H2,1H3/t12-/m0/s1. The minimum absolute atomic E-state index is 0.115. The summed E-state index contributed by atoms with van der Waals surface area (Å²) in [6, 6.07) is 8.08. The van der Waals surface area contributed by atoms with E-state index in [1.54, 1.807) is 35.4 Å². The number of rotatable bonds is 2. The lowest BCUT2D eigenvalue weighted by molar-refractivity contribution is -0.137. The molecule has 0 aliphatic carbocycles. The Kier molecular flexibility index (Phi) is 3.98. The second-order valence-electron chi connectivity index (χ2n) is 6.40. The molecule has 138 valence electrons. The third-order valence-corrected chi connectivity index (χ3v) is 4.61. The zero-order valence-corrected chi connectivity index (χ0v) is 14.3. The van der Waals surface area contributed by atoms with E-state index < -0.39 is 11.7 Å². The molecule has 3 heterocycles. The quantitative estimate of drug-likeness (QED) is 0.678. The molecule has 1 aliphatic heterocycles. The number of nitrogens with zero attached hydrogens (tertiary/aromatic N) is 4. The van der Waals surface area contributed by atoms with Gasteiger partial charge in [0.1, 0.15) is 5.69 Å². The van der Waals surface area contributed by atoms with Gasteiger partial charge in [-0.1, -0.05) is 0 Å². The van der Waals surface area contributed by atoms with Crippen LogP contribution in [0.15, 0.2) is 55.0 Å². The Hall–Kier alpha value is -3.16. The number of pyridine rings is 1. The number of anilines is 1. The molecule has 0 bridgehead atoms. The smallest absolute Gasteiger partial charge is 0.305 e. The minimum atomic E-state index is -4.41. The molecular weight excluding hydrogens is 357 g/mol. The van der Waals surface area contributed by atoms with E-state index in [0.29, 0.717) is 23.5 Å². The van der Waals surface area contributed by atoms with Crippen LogP contribution in [0.25, 0.3) is 11.1 Å². The molecule has 0 saturated heterocycles. The van der Waals surface area contributed by atoms with Gasteiger partial charge in [0, 0.05) is 30.2 Å². The fourth-order valence-corrected chi connectivity index (χ4v) is 3.26. The van der Waals surface area contributed by atoms with Gasteiger partial charge in [-0.15, -0.1) is 0 Å². The Bertz CT molecular complexity index is 980. The first-order valence-electron chi connectivity index (χ1n) is 8.33. The predicted octanol–water partition coefficient (Wildman–Crippen LogP) is 4.19. The Balaban J connectivity index is 1.74. The second kappa shape index (κ2) is 6.22. The lowest BCUT2D eigenvalue weighted by atomic mass is 10.0. The summed E-state index contributed by atoms with van der Waals surface area (Å²) in [6.07, 6.45) is 0.480. The van der Waals surface area contributed by atoms with Gasteiger partial charge in [0.25, 0.3) is 5.91 Å². The maximum Gasteiger partial charge on any atom is 0.416 e. The van der Waals surface area contributed by atoms with E-state index >= 15 is 0 Å².